The van der Waals surface area contributed by atoms with Gasteiger partial charge in [0, 0.05) is 6.04 Å². The highest BCUT2D eigenvalue weighted by molar-refractivity contribution is 4.84. The minimum Gasteiger partial charge on any atom is -0.391 e. The zero-order valence-electron chi connectivity index (χ0n) is 7.75. The molecule has 0 spiro atoms. The summed E-state index contributed by atoms with van der Waals surface area (Å²) in [7, 11) is 2.10. The number of likely N-dealkylation sites (N-methyl/N-ethyl adjacent to an activating group) is 1. The summed E-state index contributed by atoms with van der Waals surface area (Å²) in [4.78, 5) is 2.27. The zero-order valence-corrected chi connectivity index (χ0v) is 7.75. The first-order chi connectivity index (χ1) is 5.16. The molecule has 2 heteroatoms. The fraction of sp³-hybridized carbons (Fsp3) is 1.00. The lowest BCUT2D eigenvalue weighted by Gasteiger charge is -2.39. The van der Waals surface area contributed by atoms with Crippen LogP contribution < -0.4 is 0 Å². The number of hydrogen-bond acceptors (Lipinski definition) is 2. The van der Waals surface area contributed by atoms with Crippen LogP contribution >= 0.6 is 0 Å². The van der Waals surface area contributed by atoms with Gasteiger partial charge >= 0.3 is 0 Å². The van der Waals surface area contributed by atoms with Gasteiger partial charge in [0.2, 0.25) is 0 Å². The Labute approximate surface area is 69.2 Å². The van der Waals surface area contributed by atoms with Crippen LogP contribution in [0.3, 0.4) is 0 Å². The quantitative estimate of drug-likeness (QED) is 0.616. The molecule has 0 unspecified atom stereocenters. The van der Waals surface area contributed by atoms with Crippen LogP contribution in [0.2, 0.25) is 0 Å². The van der Waals surface area contributed by atoms with E-state index in [-0.39, 0.29) is 6.10 Å². The summed E-state index contributed by atoms with van der Waals surface area (Å²) in [5, 5.41) is 9.77. The van der Waals surface area contributed by atoms with E-state index in [4.69, 9.17) is 0 Å². The highest BCUT2D eigenvalue weighted by Gasteiger charge is 2.30. The van der Waals surface area contributed by atoms with Crippen molar-refractivity contribution < 1.29 is 5.11 Å². The maximum Gasteiger partial charge on any atom is 0.0721 e. The molecule has 2 nitrogen and oxygen atoms in total. The lowest BCUT2D eigenvalue weighted by molar-refractivity contribution is -0.0139. The fourth-order valence-corrected chi connectivity index (χ4v) is 1.94. The van der Waals surface area contributed by atoms with E-state index in [1.807, 2.05) is 0 Å². The van der Waals surface area contributed by atoms with Crippen LogP contribution in [0.1, 0.15) is 26.7 Å². The third kappa shape index (κ3) is 1.74. The first-order valence-electron chi connectivity index (χ1n) is 4.55. The second kappa shape index (κ2) is 3.55. The van der Waals surface area contributed by atoms with Gasteiger partial charge in [-0.1, -0.05) is 13.8 Å². The van der Waals surface area contributed by atoms with E-state index in [1.165, 1.54) is 0 Å². The molecule has 66 valence electrons. The van der Waals surface area contributed by atoms with Gasteiger partial charge in [0.05, 0.1) is 6.10 Å². The lowest BCUT2D eigenvalue weighted by atomic mass is 9.88. The summed E-state index contributed by atoms with van der Waals surface area (Å²) < 4.78 is 0. The molecule has 1 aliphatic heterocycles. The third-order valence-corrected chi connectivity index (χ3v) is 2.90. The third-order valence-electron chi connectivity index (χ3n) is 2.90. The zero-order chi connectivity index (χ0) is 8.43. The van der Waals surface area contributed by atoms with Gasteiger partial charge in [0.1, 0.15) is 0 Å². The molecule has 0 aromatic heterocycles. The first-order valence-corrected chi connectivity index (χ1v) is 4.55. The van der Waals surface area contributed by atoms with Crippen molar-refractivity contribution in [1.82, 2.24) is 4.90 Å². The molecule has 1 N–H and O–H groups in total. The van der Waals surface area contributed by atoms with Crippen molar-refractivity contribution >= 4 is 0 Å². The highest BCUT2D eigenvalue weighted by Crippen LogP contribution is 2.23. The van der Waals surface area contributed by atoms with Crippen LogP contribution in [-0.2, 0) is 0 Å². The van der Waals surface area contributed by atoms with Crippen LogP contribution in [0.4, 0.5) is 0 Å². The Bertz CT molecular complexity index is 127. The molecule has 0 amide bonds. The predicted molar refractivity (Wildman–Crippen MR) is 46.5 cm³/mol. The Morgan fingerprint density at radius 1 is 1.55 bits per heavy atom. The fourth-order valence-electron chi connectivity index (χ4n) is 1.94. The van der Waals surface area contributed by atoms with Crippen LogP contribution in [0.15, 0.2) is 0 Å². The van der Waals surface area contributed by atoms with E-state index in [2.05, 4.69) is 25.8 Å². The minimum atomic E-state index is -0.112. The average molecular weight is 157 g/mol. The van der Waals surface area contributed by atoms with E-state index in [0.29, 0.717) is 12.0 Å². The van der Waals surface area contributed by atoms with E-state index in [0.717, 1.165) is 19.4 Å². The number of aliphatic hydroxyl groups is 1. The van der Waals surface area contributed by atoms with Crippen LogP contribution in [0.25, 0.3) is 0 Å². The van der Waals surface area contributed by atoms with Crippen LogP contribution in [0.5, 0.6) is 0 Å². The number of aliphatic hydroxyl groups excluding tert-OH is 1. The summed E-state index contributed by atoms with van der Waals surface area (Å²) in [6.45, 7) is 5.42. The standard InChI is InChI=1S/C9H19NO/c1-4-8-9(11)7(2)5-6-10(8)3/h7-9,11H,4-6H2,1-3H3/t7-,8+,9+/m0/s1. The summed E-state index contributed by atoms with van der Waals surface area (Å²) in [5.41, 5.74) is 0. The number of hydrogen-bond donors (Lipinski definition) is 1. The largest absolute Gasteiger partial charge is 0.391 e. The normalized spacial score (nSPS) is 40.9. The van der Waals surface area contributed by atoms with Crippen LogP contribution in [0, 0.1) is 5.92 Å². The summed E-state index contributed by atoms with van der Waals surface area (Å²) in [6, 6.07) is 0.388. The Morgan fingerprint density at radius 2 is 2.18 bits per heavy atom. The van der Waals surface area contributed by atoms with Crippen molar-refractivity contribution in [3.05, 3.63) is 0 Å². The maximum absolute atomic E-state index is 9.77. The lowest BCUT2D eigenvalue weighted by Crippen LogP contribution is -2.49. The SMILES string of the molecule is CC[C@@H]1[C@H](O)[C@@H](C)CCN1C. The van der Waals surface area contributed by atoms with E-state index >= 15 is 0 Å². The topological polar surface area (TPSA) is 23.5 Å². The molecule has 1 heterocycles. The Morgan fingerprint density at radius 3 is 2.64 bits per heavy atom. The molecule has 0 aliphatic carbocycles. The summed E-state index contributed by atoms with van der Waals surface area (Å²) >= 11 is 0. The van der Waals surface area contributed by atoms with Gasteiger partial charge in [-0.05, 0) is 32.4 Å². The predicted octanol–water partition coefficient (Wildman–Crippen LogP) is 1.10. The maximum atomic E-state index is 9.77. The molecule has 0 radical (unpaired) electrons. The van der Waals surface area contributed by atoms with Crippen molar-refractivity contribution in [2.45, 2.75) is 38.8 Å². The summed E-state index contributed by atoms with van der Waals surface area (Å²) in [6.07, 6.45) is 2.08. The van der Waals surface area contributed by atoms with Crippen molar-refractivity contribution in [3.8, 4) is 0 Å². The van der Waals surface area contributed by atoms with E-state index < -0.39 is 0 Å². The number of likely N-dealkylation sites (tertiary alicyclic amines) is 1. The number of nitrogens with zero attached hydrogens (tertiary/aromatic N) is 1. The van der Waals surface area contributed by atoms with E-state index in [9.17, 15) is 5.11 Å². The Hall–Kier alpha value is -0.0800. The summed E-state index contributed by atoms with van der Waals surface area (Å²) in [5.74, 6) is 0.483. The molecule has 1 rings (SSSR count). The van der Waals surface area contributed by atoms with Crippen molar-refractivity contribution in [2.75, 3.05) is 13.6 Å². The molecular formula is C9H19NO. The first kappa shape index (κ1) is 9.01. The van der Waals surface area contributed by atoms with Crippen molar-refractivity contribution in [1.29, 1.82) is 0 Å². The number of rotatable bonds is 1. The average Bonchev–Trinajstić information content (AvgIpc) is 1.99. The molecule has 1 saturated heterocycles. The Balaban J connectivity index is 2.55. The molecule has 1 aliphatic rings. The molecule has 0 aromatic carbocycles. The van der Waals surface area contributed by atoms with Crippen molar-refractivity contribution in [2.24, 2.45) is 5.92 Å². The van der Waals surface area contributed by atoms with Gasteiger partial charge in [-0.2, -0.15) is 0 Å². The molecule has 3 atom stereocenters. The van der Waals surface area contributed by atoms with Gasteiger partial charge < -0.3 is 10.0 Å². The Kier molecular flexibility index (Phi) is 2.90. The second-order valence-corrected chi connectivity index (χ2v) is 3.71. The smallest absolute Gasteiger partial charge is 0.0721 e. The van der Waals surface area contributed by atoms with Gasteiger partial charge in [0.25, 0.3) is 0 Å². The molecule has 0 bridgehead atoms. The minimum absolute atomic E-state index is 0.112. The van der Waals surface area contributed by atoms with E-state index in [1.54, 1.807) is 0 Å². The monoisotopic (exact) mass is 157 g/mol. The molecule has 0 aromatic rings. The van der Waals surface area contributed by atoms with Gasteiger partial charge in [0.15, 0.2) is 0 Å². The molecule has 0 saturated carbocycles. The van der Waals surface area contributed by atoms with Gasteiger partial charge in [-0.25, -0.2) is 0 Å². The van der Waals surface area contributed by atoms with Gasteiger partial charge in [-0.15, -0.1) is 0 Å². The molecular weight excluding hydrogens is 138 g/mol. The second-order valence-electron chi connectivity index (χ2n) is 3.71. The molecule has 1 fully saturated rings. The highest BCUT2D eigenvalue weighted by atomic mass is 16.3. The van der Waals surface area contributed by atoms with Crippen molar-refractivity contribution in [3.63, 3.8) is 0 Å². The number of piperidine rings is 1. The van der Waals surface area contributed by atoms with Gasteiger partial charge in [-0.3, -0.25) is 0 Å². The molecule has 11 heavy (non-hydrogen) atoms. The van der Waals surface area contributed by atoms with Crippen LogP contribution in [-0.4, -0.2) is 35.7 Å².